The molecule has 34 heavy (non-hydrogen) atoms. The fourth-order valence-electron chi connectivity index (χ4n) is 4.61. The lowest BCUT2D eigenvalue weighted by Gasteiger charge is -2.38. The lowest BCUT2D eigenvalue weighted by Crippen LogP contribution is -2.41. The molecule has 8 heteroatoms. The highest BCUT2D eigenvalue weighted by Crippen LogP contribution is 2.45. The number of halogens is 2. The van der Waals surface area contributed by atoms with Gasteiger partial charge in [-0.3, -0.25) is 9.59 Å². The van der Waals surface area contributed by atoms with Gasteiger partial charge in [0.05, 0.1) is 18.7 Å². The van der Waals surface area contributed by atoms with Crippen LogP contribution in [0.1, 0.15) is 36.3 Å². The molecule has 0 bridgehead atoms. The van der Waals surface area contributed by atoms with Crippen molar-refractivity contribution in [2.45, 2.75) is 31.8 Å². The summed E-state index contributed by atoms with van der Waals surface area (Å²) < 4.78 is 17.4. The predicted molar refractivity (Wildman–Crippen MR) is 133 cm³/mol. The number of hydrogen-bond acceptors (Lipinski definition) is 6. The maximum atomic E-state index is 13.0. The van der Waals surface area contributed by atoms with Gasteiger partial charge in [0, 0.05) is 39.9 Å². The monoisotopic (exact) mass is 545 g/mol. The number of allylic oxidation sites excluding steroid dienone is 2. The third-order valence-corrected chi connectivity index (χ3v) is 7.04. The number of ether oxygens (including phenoxy) is 3. The number of rotatable bonds is 6. The lowest BCUT2D eigenvalue weighted by molar-refractivity contribution is -0.144. The highest BCUT2D eigenvalue weighted by atomic mass is 79.9. The molecular weight excluding hydrogens is 522 g/mol. The minimum absolute atomic E-state index is 0.0406. The van der Waals surface area contributed by atoms with Crippen LogP contribution in [-0.4, -0.2) is 26.0 Å². The molecule has 0 fully saturated rings. The summed E-state index contributed by atoms with van der Waals surface area (Å²) in [6.07, 6.45) is 1.96. The summed E-state index contributed by atoms with van der Waals surface area (Å²) in [7, 11) is 2.93. The zero-order valence-corrected chi connectivity index (χ0v) is 21.3. The van der Waals surface area contributed by atoms with Crippen molar-refractivity contribution < 1.29 is 23.8 Å². The molecule has 1 aliphatic heterocycles. The largest absolute Gasteiger partial charge is 0.496 e. The Morgan fingerprint density at radius 1 is 1.18 bits per heavy atom. The third kappa shape index (κ3) is 4.72. The van der Waals surface area contributed by atoms with Crippen LogP contribution < -0.4 is 14.8 Å². The van der Waals surface area contributed by atoms with Crippen molar-refractivity contribution in [1.29, 1.82) is 0 Å². The number of esters is 1. The van der Waals surface area contributed by atoms with Crippen LogP contribution in [0.3, 0.4) is 0 Å². The number of nitrogens with one attached hydrogen (secondary N) is 1. The number of carbonyl (C=O) groups excluding carboxylic acids is 2. The van der Waals surface area contributed by atoms with Crippen LogP contribution in [0.25, 0.3) is 0 Å². The molecule has 2 unspecified atom stereocenters. The fraction of sp³-hybridized carbons (Fsp3) is 0.308. The van der Waals surface area contributed by atoms with Gasteiger partial charge in [-0.15, -0.1) is 0 Å². The maximum absolute atomic E-state index is 13.0. The standard InChI is InChI=1S/C26H25BrClNO5/c1-14-23(26(31)33-3)24(25-19(29-14)5-4-6-20(25)30)15-7-9-21(32-2)16(11-15)13-34-22-10-8-17(28)12-18(22)27/h7-12,23-24,29H,1,4-6,13H2,2-3H3. The van der Waals surface area contributed by atoms with Crippen molar-refractivity contribution in [2.75, 3.05) is 14.2 Å². The number of Topliss-reactive ketones (excluding diaryl/α,β-unsaturated/α-hetero) is 1. The van der Waals surface area contributed by atoms with Gasteiger partial charge in [-0.2, -0.15) is 0 Å². The van der Waals surface area contributed by atoms with E-state index in [1.165, 1.54) is 7.11 Å². The van der Waals surface area contributed by atoms with E-state index in [2.05, 4.69) is 27.8 Å². The molecule has 1 aliphatic carbocycles. The van der Waals surface area contributed by atoms with Crippen molar-refractivity contribution in [2.24, 2.45) is 5.92 Å². The second-order valence-corrected chi connectivity index (χ2v) is 9.52. The van der Waals surface area contributed by atoms with Crippen LogP contribution in [0.5, 0.6) is 11.5 Å². The molecule has 1 N–H and O–H groups in total. The van der Waals surface area contributed by atoms with Gasteiger partial charge in [0.15, 0.2) is 5.78 Å². The number of hydrogen-bond donors (Lipinski definition) is 1. The highest BCUT2D eigenvalue weighted by molar-refractivity contribution is 9.10. The zero-order chi connectivity index (χ0) is 24.4. The minimum atomic E-state index is -0.724. The smallest absolute Gasteiger partial charge is 0.315 e. The van der Waals surface area contributed by atoms with Crippen molar-refractivity contribution in [3.8, 4) is 11.5 Å². The van der Waals surface area contributed by atoms with E-state index in [1.54, 1.807) is 25.3 Å². The number of carbonyl (C=O) groups is 2. The highest BCUT2D eigenvalue weighted by Gasteiger charge is 2.43. The van der Waals surface area contributed by atoms with Gasteiger partial charge in [0.1, 0.15) is 24.0 Å². The van der Waals surface area contributed by atoms with Crippen molar-refractivity contribution >= 4 is 39.3 Å². The minimum Gasteiger partial charge on any atom is -0.496 e. The van der Waals surface area contributed by atoms with Crippen LogP contribution in [0.4, 0.5) is 0 Å². The van der Waals surface area contributed by atoms with Crippen LogP contribution in [0, 0.1) is 5.92 Å². The molecule has 0 saturated carbocycles. The Morgan fingerprint density at radius 3 is 2.65 bits per heavy atom. The Kier molecular flexibility index (Phi) is 7.33. The first kappa shape index (κ1) is 24.4. The average Bonchev–Trinajstić information content (AvgIpc) is 2.82. The van der Waals surface area contributed by atoms with Gasteiger partial charge in [-0.1, -0.05) is 24.2 Å². The molecule has 2 aromatic carbocycles. The first-order valence-corrected chi connectivity index (χ1v) is 12.1. The summed E-state index contributed by atoms with van der Waals surface area (Å²) in [5.41, 5.74) is 3.58. The molecule has 2 aromatic rings. The van der Waals surface area contributed by atoms with Crippen LogP contribution in [0.15, 0.2) is 64.4 Å². The van der Waals surface area contributed by atoms with E-state index in [4.69, 9.17) is 25.8 Å². The van der Waals surface area contributed by atoms with Gasteiger partial charge < -0.3 is 19.5 Å². The fourth-order valence-corrected chi connectivity index (χ4v) is 5.41. The maximum Gasteiger partial charge on any atom is 0.315 e. The molecule has 0 spiro atoms. The van der Waals surface area contributed by atoms with Gasteiger partial charge >= 0.3 is 5.97 Å². The van der Waals surface area contributed by atoms with Crippen molar-refractivity contribution in [3.05, 3.63) is 80.6 Å². The molecule has 0 aromatic heterocycles. The third-order valence-electron chi connectivity index (χ3n) is 6.18. The summed E-state index contributed by atoms with van der Waals surface area (Å²) in [4.78, 5) is 25.8. The van der Waals surface area contributed by atoms with E-state index in [0.717, 1.165) is 34.1 Å². The Hall–Kier alpha value is -2.77. The molecule has 0 saturated heterocycles. The first-order valence-electron chi connectivity index (χ1n) is 10.9. The Labute approximate surface area is 212 Å². The van der Waals surface area contributed by atoms with Crippen LogP contribution in [-0.2, 0) is 20.9 Å². The molecule has 2 aliphatic rings. The average molecular weight is 547 g/mol. The van der Waals surface area contributed by atoms with Gasteiger partial charge in [0.2, 0.25) is 0 Å². The van der Waals surface area contributed by atoms with Crippen molar-refractivity contribution in [3.63, 3.8) is 0 Å². The zero-order valence-electron chi connectivity index (χ0n) is 19.0. The van der Waals surface area contributed by atoms with Gasteiger partial charge in [-0.25, -0.2) is 0 Å². The van der Waals surface area contributed by atoms with E-state index < -0.39 is 17.8 Å². The quantitative estimate of drug-likeness (QED) is 0.470. The molecule has 1 heterocycles. The number of ketones is 1. The van der Waals surface area contributed by atoms with Crippen LogP contribution >= 0.6 is 27.5 Å². The summed E-state index contributed by atoms with van der Waals surface area (Å²) in [6.45, 7) is 4.30. The van der Waals surface area contributed by atoms with E-state index in [1.807, 2.05) is 18.2 Å². The number of methoxy groups -OCH3 is 2. The Bertz CT molecular complexity index is 1190. The Balaban J connectivity index is 1.75. The molecule has 0 radical (unpaired) electrons. The summed E-state index contributed by atoms with van der Waals surface area (Å²) >= 11 is 9.50. The van der Waals surface area contributed by atoms with Gasteiger partial charge in [0.25, 0.3) is 0 Å². The second-order valence-electron chi connectivity index (χ2n) is 8.23. The predicted octanol–water partition coefficient (Wildman–Crippen LogP) is 5.69. The lowest BCUT2D eigenvalue weighted by atomic mass is 9.71. The normalized spacial score (nSPS) is 19.9. The van der Waals surface area contributed by atoms with E-state index in [0.29, 0.717) is 34.2 Å². The number of benzene rings is 2. The second kappa shape index (κ2) is 10.2. The summed E-state index contributed by atoms with van der Waals surface area (Å²) in [5, 5.41) is 3.80. The van der Waals surface area contributed by atoms with E-state index in [-0.39, 0.29) is 12.4 Å². The molecule has 6 nitrogen and oxygen atoms in total. The van der Waals surface area contributed by atoms with E-state index in [9.17, 15) is 9.59 Å². The molecular formula is C26H25BrClNO5. The van der Waals surface area contributed by atoms with Crippen LogP contribution in [0.2, 0.25) is 5.02 Å². The topological polar surface area (TPSA) is 73.9 Å². The molecule has 0 amide bonds. The first-order chi connectivity index (χ1) is 16.3. The molecule has 178 valence electrons. The van der Waals surface area contributed by atoms with Gasteiger partial charge in [-0.05, 0) is 64.7 Å². The molecule has 2 atom stereocenters. The Morgan fingerprint density at radius 2 is 1.94 bits per heavy atom. The SMILES string of the molecule is C=C1NC2=C(C(=O)CCC2)C(c2ccc(OC)c(COc3ccc(Cl)cc3Br)c2)C1C(=O)OC. The summed E-state index contributed by atoms with van der Waals surface area (Å²) in [5.74, 6) is -0.355. The molecule has 4 rings (SSSR count). The van der Waals surface area contributed by atoms with E-state index >= 15 is 0 Å². The van der Waals surface area contributed by atoms with Crippen molar-refractivity contribution in [1.82, 2.24) is 5.32 Å². The summed E-state index contributed by atoms with van der Waals surface area (Å²) in [6, 6.07) is 10.9.